The number of anilines is 1. The Hall–Kier alpha value is -1.91. The van der Waals surface area contributed by atoms with Crippen LogP contribution in [0.2, 0.25) is 5.02 Å². The molecule has 1 amide bonds. The standard InChI is InChI=1S/C16H9ClFIN2O/c17-12-4-3-5-13(18)11(12)8-10(9-20)16(22)21-15-7-2-1-6-14(15)19/h1-8H,(H,21,22). The molecule has 0 saturated heterocycles. The van der Waals surface area contributed by atoms with Crippen molar-refractivity contribution < 1.29 is 9.18 Å². The summed E-state index contributed by atoms with van der Waals surface area (Å²) in [6.45, 7) is 0. The molecule has 110 valence electrons. The van der Waals surface area contributed by atoms with Gasteiger partial charge in [-0.05, 0) is 52.9 Å². The van der Waals surface area contributed by atoms with Crippen molar-refractivity contribution in [2.24, 2.45) is 0 Å². The SMILES string of the molecule is N#CC(=Cc1c(F)cccc1Cl)C(=O)Nc1ccccc1I. The molecule has 2 rings (SSSR count). The fourth-order valence-electron chi connectivity index (χ4n) is 1.69. The summed E-state index contributed by atoms with van der Waals surface area (Å²) in [6, 6.07) is 13.0. The van der Waals surface area contributed by atoms with E-state index in [1.54, 1.807) is 18.2 Å². The Morgan fingerprint density at radius 2 is 2.00 bits per heavy atom. The maximum atomic E-state index is 13.7. The van der Waals surface area contributed by atoms with Gasteiger partial charge in [0, 0.05) is 9.13 Å². The maximum absolute atomic E-state index is 13.7. The number of nitriles is 1. The van der Waals surface area contributed by atoms with Crippen molar-refractivity contribution in [2.75, 3.05) is 5.32 Å². The van der Waals surface area contributed by atoms with E-state index in [0.717, 1.165) is 9.65 Å². The summed E-state index contributed by atoms with van der Waals surface area (Å²) < 4.78 is 14.6. The van der Waals surface area contributed by atoms with Crippen molar-refractivity contribution in [1.29, 1.82) is 5.26 Å². The Morgan fingerprint density at radius 1 is 1.27 bits per heavy atom. The molecule has 0 unspecified atom stereocenters. The predicted octanol–water partition coefficient (Wildman–Crippen LogP) is 4.63. The first kappa shape index (κ1) is 16.5. The number of carbonyl (C=O) groups is 1. The first-order valence-electron chi connectivity index (χ1n) is 6.14. The van der Waals surface area contributed by atoms with Crippen molar-refractivity contribution in [2.45, 2.75) is 0 Å². The van der Waals surface area contributed by atoms with Crippen LogP contribution in [0.5, 0.6) is 0 Å². The quantitative estimate of drug-likeness (QED) is 0.442. The number of nitrogens with zero attached hydrogens (tertiary/aromatic N) is 1. The van der Waals surface area contributed by atoms with Crippen LogP contribution in [0, 0.1) is 20.7 Å². The molecule has 2 aromatic carbocycles. The second-order valence-electron chi connectivity index (χ2n) is 4.24. The number of benzene rings is 2. The van der Waals surface area contributed by atoms with Crippen LogP contribution in [0.3, 0.4) is 0 Å². The Labute approximate surface area is 145 Å². The number of amides is 1. The summed E-state index contributed by atoms with van der Waals surface area (Å²) in [5.74, 6) is -1.21. The van der Waals surface area contributed by atoms with Crippen LogP contribution >= 0.6 is 34.2 Å². The highest BCUT2D eigenvalue weighted by Crippen LogP contribution is 2.23. The lowest BCUT2D eigenvalue weighted by atomic mass is 10.1. The van der Waals surface area contributed by atoms with Gasteiger partial charge in [0.1, 0.15) is 17.5 Å². The van der Waals surface area contributed by atoms with Crippen LogP contribution in [0.25, 0.3) is 6.08 Å². The molecule has 0 aromatic heterocycles. The van der Waals surface area contributed by atoms with E-state index in [0.29, 0.717) is 5.69 Å². The molecule has 0 radical (unpaired) electrons. The van der Waals surface area contributed by atoms with E-state index in [9.17, 15) is 9.18 Å². The van der Waals surface area contributed by atoms with E-state index in [4.69, 9.17) is 16.9 Å². The summed E-state index contributed by atoms with van der Waals surface area (Å²) in [4.78, 5) is 12.2. The Morgan fingerprint density at radius 3 is 2.64 bits per heavy atom. The normalized spacial score (nSPS) is 10.9. The van der Waals surface area contributed by atoms with Crippen LogP contribution in [-0.4, -0.2) is 5.91 Å². The van der Waals surface area contributed by atoms with Gasteiger partial charge in [0.05, 0.1) is 10.7 Å². The molecule has 22 heavy (non-hydrogen) atoms. The average molecular weight is 427 g/mol. The smallest absolute Gasteiger partial charge is 0.266 e. The molecule has 0 atom stereocenters. The number of nitrogens with one attached hydrogen (secondary N) is 1. The van der Waals surface area contributed by atoms with E-state index in [1.807, 2.05) is 12.1 Å². The molecule has 0 saturated carbocycles. The molecule has 0 aliphatic rings. The third-order valence-corrected chi connectivity index (χ3v) is 4.05. The minimum atomic E-state index is -0.620. The van der Waals surface area contributed by atoms with Crippen LogP contribution in [-0.2, 0) is 4.79 Å². The van der Waals surface area contributed by atoms with Crippen LogP contribution in [0.4, 0.5) is 10.1 Å². The lowest BCUT2D eigenvalue weighted by Gasteiger charge is -2.07. The van der Waals surface area contributed by atoms with Gasteiger partial charge in [-0.25, -0.2) is 4.39 Å². The second kappa shape index (κ2) is 7.38. The molecule has 0 fully saturated rings. The molecule has 0 spiro atoms. The molecule has 0 aliphatic heterocycles. The first-order chi connectivity index (χ1) is 10.5. The predicted molar refractivity (Wildman–Crippen MR) is 92.8 cm³/mol. The summed E-state index contributed by atoms with van der Waals surface area (Å²) in [7, 11) is 0. The van der Waals surface area contributed by atoms with Crippen LogP contribution in [0.1, 0.15) is 5.56 Å². The third kappa shape index (κ3) is 3.84. The maximum Gasteiger partial charge on any atom is 0.266 e. The third-order valence-electron chi connectivity index (χ3n) is 2.78. The fourth-order valence-corrected chi connectivity index (χ4v) is 2.43. The van der Waals surface area contributed by atoms with Gasteiger partial charge in [-0.1, -0.05) is 29.8 Å². The Bertz CT molecular complexity index is 779. The minimum Gasteiger partial charge on any atom is -0.320 e. The van der Waals surface area contributed by atoms with Crippen LogP contribution < -0.4 is 5.32 Å². The second-order valence-corrected chi connectivity index (χ2v) is 5.81. The van der Waals surface area contributed by atoms with Crippen molar-refractivity contribution in [3.63, 3.8) is 0 Å². The zero-order valence-corrected chi connectivity index (χ0v) is 14.0. The number of rotatable bonds is 3. The van der Waals surface area contributed by atoms with Gasteiger partial charge < -0.3 is 5.32 Å². The van der Waals surface area contributed by atoms with Crippen LogP contribution in [0.15, 0.2) is 48.0 Å². The fraction of sp³-hybridized carbons (Fsp3) is 0. The number of halogens is 3. The highest BCUT2D eigenvalue weighted by Gasteiger charge is 2.13. The summed E-state index contributed by atoms with van der Waals surface area (Å²) >= 11 is 7.96. The molecular weight excluding hydrogens is 418 g/mol. The lowest BCUT2D eigenvalue weighted by Crippen LogP contribution is -2.14. The zero-order chi connectivity index (χ0) is 16.1. The Kier molecular flexibility index (Phi) is 5.52. The summed E-state index contributed by atoms with van der Waals surface area (Å²) in [5.41, 5.74) is 0.360. The molecular formula is C16H9ClFIN2O. The monoisotopic (exact) mass is 426 g/mol. The largest absolute Gasteiger partial charge is 0.320 e. The summed E-state index contributed by atoms with van der Waals surface area (Å²) in [6.07, 6.45) is 1.14. The molecule has 1 N–H and O–H groups in total. The molecule has 0 heterocycles. The number of hydrogen-bond acceptors (Lipinski definition) is 2. The van der Waals surface area contributed by atoms with E-state index in [1.165, 1.54) is 18.2 Å². The van der Waals surface area contributed by atoms with Crippen molar-refractivity contribution >= 4 is 51.9 Å². The highest BCUT2D eigenvalue weighted by atomic mass is 127. The topological polar surface area (TPSA) is 52.9 Å². The van der Waals surface area contributed by atoms with Gasteiger partial charge in [-0.15, -0.1) is 0 Å². The van der Waals surface area contributed by atoms with Crippen molar-refractivity contribution in [3.8, 4) is 6.07 Å². The average Bonchev–Trinajstić information content (AvgIpc) is 2.49. The van der Waals surface area contributed by atoms with Gasteiger partial charge in [0.15, 0.2) is 0 Å². The summed E-state index contributed by atoms with van der Waals surface area (Å²) in [5, 5.41) is 11.9. The molecule has 2 aromatic rings. The molecule has 0 bridgehead atoms. The zero-order valence-electron chi connectivity index (χ0n) is 11.1. The number of carbonyl (C=O) groups excluding carboxylic acids is 1. The van der Waals surface area contributed by atoms with Crippen molar-refractivity contribution in [1.82, 2.24) is 0 Å². The van der Waals surface area contributed by atoms with E-state index in [-0.39, 0.29) is 16.2 Å². The van der Waals surface area contributed by atoms with Gasteiger partial charge in [0.25, 0.3) is 5.91 Å². The highest BCUT2D eigenvalue weighted by molar-refractivity contribution is 14.1. The first-order valence-corrected chi connectivity index (χ1v) is 7.60. The van der Waals surface area contributed by atoms with Gasteiger partial charge >= 0.3 is 0 Å². The molecule has 6 heteroatoms. The number of hydrogen-bond donors (Lipinski definition) is 1. The van der Waals surface area contributed by atoms with Crippen molar-refractivity contribution in [3.05, 3.63) is 68.0 Å². The van der Waals surface area contributed by atoms with E-state index >= 15 is 0 Å². The number of para-hydroxylation sites is 1. The molecule has 3 nitrogen and oxygen atoms in total. The van der Waals surface area contributed by atoms with E-state index < -0.39 is 11.7 Å². The van der Waals surface area contributed by atoms with Gasteiger partial charge in [-0.2, -0.15) is 5.26 Å². The lowest BCUT2D eigenvalue weighted by molar-refractivity contribution is -0.112. The Balaban J connectivity index is 2.33. The van der Waals surface area contributed by atoms with E-state index in [2.05, 4.69) is 27.9 Å². The minimum absolute atomic E-state index is 0.0126. The molecule has 0 aliphatic carbocycles. The van der Waals surface area contributed by atoms with Gasteiger partial charge in [-0.3, -0.25) is 4.79 Å². The van der Waals surface area contributed by atoms with Gasteiger partial charge in [0.2, 0.25) is 0 Å².